The molecule has 9 heteroatoms. The zero-order valence-corrected chi connectivity index (χ0v) is 16.2. The van der Waals surface area contributed by atoms with Crippen LogP contribution < -0.4 is 15.0 Å². The summed E-state index contributed by atoms with van der Waals surface area (Å²) in [7, 11) is 3.96. The Balaban J connectivity index is 1.59. The summed E-state index contributed by atoms with van der Waals surface area (Å²) in [5, 5.41) is 5.11. The van der Waals surface area contributed by atoms with E-state index >= 15 is 0 Å². The van der Waals surface area contributed by atoms with Gasteiger partial charge in [0.2, 0.25) is 0 Å². The van der Waals surface area contributed by atoms with Gasteiger partial charge >= 0.3 is 0 Å². The molecule has 9 nitrogen and oxygen atoms in total. The standard InChI is InChI=1S/C20H20N6O3/c1-24(2)7-8-25-6-5-15-14(19(25)27)12-21-20-22-18(23-26(15)20)13-3-4-16-17(11-13)29-10-9-28-16/h3-6,11-12H,7-10H2,1-2H3. The van der Waals surface area contributed by atoms with E-state index in [1.54, 1.807) is 21.5 Å². The van der Waals surface area contributed by atoms with Gasteiger partial charge in [0, 0.05) is 31.0 Å². The summed E-state index contributed by atoms with van der Waals surface area (Å²) in [6.07, 6.45) is 3.36. The van der Waals surface area contributed by atoms with Crippen LogP contribution in [-0.2, 0) is 6.54 Å². The average molecular weight is 392 g/mol. The Hall–Kier alpha value is -3.46. The van der Waals surface area contributed by atoms with Crippen molar-refractivity contribution in [2.75, 3.05) is 33.9 Å². The highest BCUT2D eigenvalue weighted by atomic mass is 16.6. The van der Waals surface area contributed by atoms with Crippen molar-refractivity contribution in [1.82, 2.24) is 29.0 Å². The smallest absolute Gasteiger partial charge is 0.261 e. The molecule has 0 saturated carbocycles. The first kappa shape index (κ1) is 17.6. The van der Waals surface area contributed by atoms with Gasteiger partial charge in [0.05, 0.1) is 10.9 Å². The number of pyridine rings is 1. The van der Waals surface area contributed by atoms with Crippen LogP contribution in [0.15, 0.2) is 41.5 Å². The van der Waals surface area contributed by atoms with E-state index in [0.29, 0.717) is 53.8 Å². The molecule has 1 aliphatic heterocycles. The topological polar surface area (TPSA) is 86.8 Å². The predicted octanol–water partition coefficient (Wildman–Crippen LogP) is 1.44. The van der Waals surface area contributed by atoms with Crippen LogP contribution in [0.5, 0.6) is 11.5 Å². The molecule has 0 spiro atoms. The summed E-state index contributed by atoms with van der Waals surface area (Å²) in [6, 6.07) is 7.48. The van der Waals surface area contributed by atoms with E-state index in [1.165, 1.54) is 0 Å². The summed E-state index contributed by atoms with van der Waals surface area (Å²) >= 11 is 0. The Labute approximate surface area is 166 Å². The molecule has 5 rings (SSSR count). The van der Waals surface area contributed by atoms with E-state index in [4.69, 9.17) is 9.47 Å². The van der Waals surface area contributed by atoms with E-state index < -0.39 is 0 Å². The van der Waals surface area contributed by atoms with E-state index in [1.807, 2.05) is 43.3 Å². The lowest BCUT2D eigenvalue weighted by atomic mass is 10.2. The second kappa shape index (κ2) is 6.85. The number of ether oxygens (including phenoxy) is 2. The maximum Gasteiger partial charge on any atom is 0.261 e. The molecule has 4 aromatic rings. The average Bonchev–Trinajstić information content (AvgIpc) is 3.17. The number of likely N-dealkylation sites (N-methyl/N-ethyl adjacent to an activating group) is 1. The van der Waals surface area contributed by atoms with Crippen molar-refractivity contribution < 1.29 is 9.47 Å². The van der Waals surface area contributed by atoms with Gasteiger partial charge in [-0.05, 0) is 38.4 Å². The Morgan fingerprint density at radius 3 is 2.79 bits per heavy atom. The number of nitrogens with zero attached hydrogens (tertiary/aromatic N) is 6. The third-order valence-corrected chi connectivity index (χ3v) is 4.90. The van der Waals surface area contributed by atoms with Gasteiger partial charge in [0.1, 0.15) is 13.2 Å². The van der Waals surface area contributed by atoms with Crippen molar-refractivity contribution in [3.63, 3.8) is 0 Å². The molecule has 1 aromatic carbocycles. The van der Waals surface area contributed by atoms with Crippen LogP contribution in [0.25, 0.3) is 28.1 Å². The van der Waals surface area contributed by atoms with Gasteiger partial charge in [-0.3, -0.25) is 4.79 Å². The molecule has 3 aromatic heterocycles. The Bertz CT molecular complexity index is 1280. The SMILES string of the molecule is CN(C)CCn1ccc2c(cnc3nc(-c4ccc5c(c4)OCCO5)nn32)c1=O. The molecule has 29 heavy (non-hydrogen) atoms. The zero-order valence-electron chi connectivity index (χ0n) is 16.2. The summed E-state index contributed by atoms with van der Waals surface area (Å²) in [5.41, 5.74) is 1.39. The lowest BCUT2D eigenvalue weighted by Crippen LogP contribution is -2.26. The van der Waals surface area contributed by atoms with E-state index in [-0.39, 0.29) is 5.56 Å². The minimum Gasteiger partial charge on any atom is -0.486 e. The third-order valence-electron chi connectivity index (χ3n) is 4.90. The van der Waals surface area contributed by atoms with Crippen LogP contribution >= 0.6 is 0 Å². The third kappa shape index (κ3) is 3.09. The number of aromatic nitrogens is 5. The monoisotopic (exact) mass is 392 g/mol. The molecule has 148 valence electrons. The van der Waals surface area contributed by atoms with Crippen LogP contribution in [0, 0.1) is 0 Å². The quantitative estimate of drug-likeness (QED) is 0.519. The molecule has 4 heterocycles. The lowest BCUT2D eigenvalue weighted by Gasteiger charge is -2.18. The van der Waals surface area contributed by atoms with E-state index in [0.717, 1.165) is 12.1 Å². The zero-order chi connectivity index (χ0) is 20.0. The minimum atomic E-state index is -0.0878. The summed E-state index contributed by atoms with van der Waals surface area (Å²) in [5.74, 6) is 2.34. The number of hydrogen-bond acceptors (Lipinski definition) is 7. The second-order valence-electron chi connectivity index (χ2n) is 7.18. The highest BCUT2D eigenvalue weighted by Gasteiger charge is 2.16. The van der Waals surface area contributed by atoms with Crippen molar-refractivity contribution in [2.45, 2.75) is 6.54 Å². The highest BCUT2D eigenvalue weighted by Crippen LogP contribution is 2.33. The number of hydrogen-bond donors (Lipinski definition) is 0. The minimum absolute atomic E-state index is 0.0878. The molecule has 0 bridgehead atoms. The normalized spacial score (nSPS) is 13.5. The largest absolute Gasteiger partial charge is 0.486 e. The van der Waals surface area contributed by atoms with Crippen LogP contribution in [0.1, 0.15) is 0 Å². The van der Waals surface area contributed by atoms with Crippen molar-refractivity contribution in [2.24, 2.45) is 0 Å². The summed E-state index contributed by atoms with van der Waals surface area (Å²) in [6.45, 7) is 2.45. The second-order valence-corrected chi connectivity index (χ2v) is 7.18. The van der Waals surface area contributed by atoms with Crippen LogP contribution in [-0.4, -0.2) is 62.9 Å². The predicted molar refractivity (Wildman–Crippen MR) is 108 cm³/mol. The first-order valence-electron chi connectivity index (χ1n) is 9.40. The van der Waals surface area contributed by atoms with Crippen LogP contribution in [0.3, 0.4) is 0 Å². The van der Waals surface area contributed by atoms with Gasteiger partial charge in [-0.1, -0.05) is 0 Å². The molecule has 1 aliphatic rings. The molecule has 0 fully saturated rings. The molecule has 0 saturated heterocycles. The van der Waals surface area contributed by atoms with Gasteiger partial charge in [0.15, 0.2) is 17.3 Å². The number of fused-ring (bicyclic) bond motifs is 4. The van der Waals surface area contributed by atoms with Crippen molar-refractivity contribution >= 4 is 16.7 Å². The molecular weight excluding hydrogens is 372 g/mol. The molecule has 0 atom stereocenters. The molecule has 0 aliphatic carbocycles. The van der Waals surface area contributed by atoms with Crippen LogP contribution in [0.2, 0.25) is 0 Å². The Morgan fingerprint density at radius 1 is 1.14 bits per heavy atom. The molecule has 0 N–H and O–H groups in total. The maximum atomic E-state index is 12.8. The lowest BCUT2D eigenvalue weighted by molar-refractivity contribution is 0.171. The van der Waals surface area contributed by atoms with Gasteiger partial charge in [-0.15, -0.1) is 5.10 Å². The Morgan fingerprint density at radius 2 is 1.97 bits per heavy atom. The van der Waals surface area contributed by atoms with Gasteiger partial charge in [-0.25, -0.2) is 4.98 Å². The van der Waals surface area contributed by atoms with Crippen molar-refractivity contribution in [3.05, 3.63) is 47.0 Å². The first-order valence-corrected chi connectivity index (χ1v) is 9.40. The van der Waals surface area contributed by atoms with Gasteiger partial charge < -0.3 is 18.9 Å². The fourth-order valence-electron chi connectivity index (χ4n) is 3.35. The molecule has 0 radical (unpaired) electrons. The molecular formula is C20H20N6O3. The van der Waals surface area contributed by atoms with E-state index in [9.17, 15) is 4.79 Å². The number of rotatable bonds is 4. The van der Waals surface area contributed by atoms with E-state index in [2.05, 4.69) is 15.1 Å². The molecule has 0 amide bonds. The highest BCUT2D eigenvalue weighted by molar-refractivity contribution is 5.79. The van der Waals surface area contributed by atoms with Crippen molar-refractivity contribution in [3.8, 4) is 22.9 Å². The fraction of sp³-hybridized carbons (Fsp3) is 0.300. The Kier molecular flexibility index (Phi) is 4.17. The summed E-state index contributed by atoms with van der Waals surface area (Å²) < 4.78 is 14.5. The number of benzene rings is 1. The molecule has 0 unspecified atom stereocenters. The van der Waals surface area contributed by atoms with Crippen molar-refractivity contribution in [1.29, 1.82) is 0 Å². The van der Waals surface area contributed by atoms with Crippen LogP contribution in [0.4, 0.5) is 0 Å². The van der Waals surface area contributed by atoms with Gasteiger partial charge in [-0.2, -0.15) is 9.50 Å². The summed E-state index contributed by atoms with van der Waals surface area (Å²) in [4.78, 5) is 23.7. The maximum absolute atomic E-state index is 12.8. The first-order chi connectivity index (χ1) is 14.1. The van der Waals surface area contributed by atoms with Gasteiger partial charge in [0.25, 0.3) is 11.3 Å². The fourth-order valence-corrected chi connectivity index (χ4v) is 3.35.